The van der Waals surface area contributed by atoms with Gasteiger partial charge in [0, 0.05) is 0 Å². The van der Waals surface area contributed by atoms with Crippen LogP contribution in [0.15, 0.2) is 0 Å². The first-order valence-corrected chi connectivity index (χ1v) is 10.5. The fourth-order valence-corrected chi connectivity index (χ4v) is 3.37. The zero-order valence-electron chi connectivity index (χ0n) is 11.6. The maximum absolute atomic E-state index is 4.84. The molecule has 0 N–H and O–H groups in total. The molecule has 0 heterocycles. The van der Waals surface area contributed by atoms with E-state index >= 15 is 0 Å². The maximum atomic E-state index is 4.84. The van der Waals surface area contributed by atoms with E-state index in [1.807, 2.05) is 4.90 Å². The second kappa shape index (κ2) is 20.2. The molecule has 0 aliphatic rings. The first kappa shape index (κ1) is 23.9. The Morgan fingerprint density at radius 3 is 1.24 bits per heavy atom. The molecule has 0 aliphatic carbocycles. The van der Waals surface area contributed by atoms with E-state index in [1.54, 1.807) is 0 Å². The monoisotopic (exact) mass is 361 g/mol. The molecule has 0 aromatic carbocycles. The van der Waals surface area contributed by atoms with Crippen LogP contribution in [-0.4, -0.2) is 41.2 Å². The van der Waals surface area contributed by atoms with E-state index in [0.717, 1.165) is 13.1 Å². The van der Waals surface area contributed by atoms with Gasteiger partial charge in [-0.1, -0.05) is 13.8 Å². The van der Waals surface area contributed by atoms with Crippen LogP contribution in [0, 0.1) is 0 Å². The summed E-state index contributed by atoms with van der Waals surface area (Å²) < 4.78 is -0.120. The Bertz CT molecular complexity index is 121. The van der Waals surface area contributed by atoms with E-state index in [4.69, 9.17) is 25.3 Å². The summed E-state index contributed by atoms with van der Waals surface area (Å²) in [6.45, 7) is 13.0. The molecule has 6 heteroatoms. The van der Waals surface area contributed by atoms with Gasteiger partial charge in [-0.05, 0) is 41.8 Å². The topological polar surface area (TPSA) is 3.24 Å². The Balaban J connectivity index is -0.000000202. The van der Waals surface area contributed by atoms with Gasteiger partial charge in [-0.2, -0.15) is 0 Å². The molecule has 0 spiro atoms. The van der Waals surface area contributed by atoms with Gasteiger partial charge in [0.25, 0.3) is 0 Å². The standard InChI is InChI=1S/C6H15P.C5H13NS2.ClH.Ni/c1-4-7(5-2)6-3;1-3-6(4-2)5(7)8;;/h4-6H2,1-3H3;5,7-8H,3-4H2,1-2H3;1H;/q;;;+1/p-2. The van der Waals surface area contributed by atoms with Gasteiger partial charge in [-0.25, -0.2) is 4.71 Å². The Morgan fingerprint density at radius 2 is 1.24 bits per heavy atom. The van der Waals surface area contributed by atoms with Crippen molar-refractivity contribution in [1.82, 2.24) is 4.90 Å². The van der Waals surface area contributed by atoms with Gasteiger partial charge in [0.2, 0.25) is 0 Å². The molecular weight excluding hydrogens is 335 g/mol. The Hall–Kier alpha value is 1.87. The molecule has 0 atom stereocenters. The van der Waals surface area contributed by atoms with Crippen LogP contribution in [0.4, 0.5) is 0 Å². The SMILES string of the molecule is CCN(CC)C([S-])[S-].CC[PH+](CC)CC.[Cl][Ni]. The van der Waals surface area contributed by atoms with E-state index in [-0.39, 0.29) is 12.6 Å². The van der Waals surface area contributed by atoms with E-state index < -0.39 is 0 Å². The molecule has 0 aromatic heterocycles. The molecule has 0 saturated carbocycles. The summed E-state index contributed by atoms with van der Waals surface area (Å²) in [6.07, 6.45) is 4.37. The fraction of sp³-hybridized carbons (Fsp3) is 1.00. The molecule has 1 nitrogen and oxygen atoms in total. The predicted octanol–water partition coefficient (Wildman–Crippen LogP) is 3.65. The van der Waals surface area contributed by atoms with Gasteiger partial charge < -0.3 is 30.2 Å². The second-order valence-electron chi connectivity index (χ2n) is 3.34. The van der Waals surface area contributed by atoms with Crippen LogP contribution in [0.5, 0.6) is 0 Å². The Labute approximate surface area is 133 Å². The molecule has 0 aromatic rings. The first-order chi connectivity index (χ1) is 8.06. The van der Waals surface area contributed by atoms with Gasteiger partial charge in [0.1, 0.15) is 0 Å². The second-order valence-corrected chi connectivity index (χ2v) is 8.15. The number of hydrogen-bond acceptors (Lipinski definition) is 3. The molecular formula is C11H27ClNNiPS2-. The van der Waals surface area contributed by atoms with Crippen LogP contribution >= 0.6 is 18.1 Å². The van der Waals surface area contributed by atoms with Crippen LogP contribution in [-0.2, 0) is 39.8 Å². The molecule has 0 rings (SSSR count). The van der Waals surface area contributed by atoms with Crippen LogP contribution in [0.2, 0.25) is 0 Å². The summed E-state index contributed by atoms with van der Waals surface area (Å²) in [7, 11) is 4.40. The molecule has 0 fully saturated rings. The van der Waals surface area contributed by atoms with E-state index in [1.165, 1.54) is 18.5 Å². The summed E-state index contributed by atoms with van der Waals surface area (Å²) >= 11 is 13.0. The predicted molar refractivity (Wildman–Crippen MR) is 87.2 cm³/mol. The van der Waals surface area contributed by atoms with Crippen LogP contribution in [0.1, 0.15) is 34.6 Å². The molecule has 0 amide bonds. The zero-order valence-corrected chi connectivity index (χ0v) is 15.9. The normalized spacial score (nSPS) is 9.94. The first-order valence-electron chi connectivity index (χ1n) is 6.08. The average molecular weight is 363 g/mol. The Morgan fingerprint density at radius 1 is 0.941 bits per heavy atom. The third-order valence-corrected chi connectivity index (χ3v) is 6.21. The summed E-state index contributed by atoms with van der Waals surface area (Å²) in [6, 6.07) is 0. The fourth-order valence-electron chi connectivity index (χ4n) is 1.27. The van der Waals surface area contributed by atoms with Crippen LogP contribution in [0.25, 0.3) is 0 Å². The van der Waals surface area contributed by atoms with Crippen molar-refractivity contribution in [2.45, 2.75) is 39.3 Å². The molecule has 0 unspecified atom stereocenters. The number of halogens is 1. The van der Waals surface area contributed by atoms with Gasteiger partial charge in [0.05, 0.1) is 18.5 Å². The molecule has 0 saturated heterocycles. The summed E-state index contributed by atoms with van der Waals surface area (Å²) in [4.78, 5) is 2.05. The van der Waals surface area contributed by atoms with Crippen molar-refractivity contribution in [2.24, 2.45) is 0 Å². The molecule has 0 aliphatic heterocycles. The number of rotatable bonds is 6. The average Bonchev–Trinajstić information content (AvgIpc) is 2.36. The number of nitrogens with zero attached hydrogens (tertiary/aromatic N) is 1. The van der Waals surface area contributed by atoms with Gasteiger partial charge in [0.15, 0.2) is 0 Å². The summed E-state index contributed by atoms with van der Waals surface area (Å²) in [5.41, 5.74) is 0. The van der Waals surface area contributed by atoms with Crippen molar-refractivity contribution in [3.05, 3.63) is 0 Å². The van der Waals surface area contributed by atoms with Gasteiger partial charge >= 0.3 is 24.8 Å². The number of hydrogen-bond donors (Lipinski definition) is 0. The van der Waals surface area contributed by atoms with Crippen molar-refractivity contribution in [3.63, 3.8) is 0 Å². The van der Waals surface area contributed by atoms with Crippen molar-refractivity contribution >= 4 is 43.4 Å². The van der Waals surface area contributed by atoms with Gasteiger partial charge in [-0.15, -0.1) is 0 Å². The minimum absolute atomic E-state index is 0.120. The molecule has 0 bridgehead atoms. The zero-order chi connectivity index (χ0) is 14.3. The van der Waals surface area contributed by atoms with Crippen LogP contribution < -0.4 is 0 Å². The Kier molecular flexibility index (Phi) is 28.4. The quantitative estimate of drug-likeness (QED) is 0.403. The summed E-state index contributed by atoms with van der Waals surface area (Å²) in [5, 5.41) is 0. The van der Waals surface area contributed by atoms with Crippen molar-refractivity contribution in [2.75, 3.05) is 31.6 Å². The third-order valence-electron chi connectivity index (χ3n) is 2.61. The van der Waals surface area contributed by atoms with Crippen molar-refractivity contribution in [1.29, 1.82) is 0 Å². The van der Waals surface area contributed by atoms with E-state index in [2.05, 4.69) is 59.4 Å². The van der Waals surface area contributed by atoms with Crippen molar-refractivity contribution < 1.29 is 14.6 Å². The van der Waals surface area contributed by atoms with Crippen LogP contribution in [0.3, 0.4) is 0 Å². The third kappa shape index (κ3) is 17.9. The molecule has 111 valence electrons. The van der Waals surface area contributed by atoms with E-state index in [9.17, 15) is 0 Å². The molecule has 0 radical (unpaired) electrons. The molecule has 17 heavy (non-hydrogen) atoms. The summed E-state index contributed by atoms with van der Waals surface area (Å²) in [5.74, 6) is 0. The minimum atomic E-state index is -0.120. The van der Waals surface area contributed by atoms with E-state index in [0.29, 0.717) is 0 Å². The van der Waals surface area contributed by atoms with Gasteiger partial charge in [-0.3, -0.25) is 0 Å². The van der Waals surface area contributed by atoms with Crippen molar-refractivity contribution in [3.8, 4) is 0 Å².